The lowest BCUT2D eigenvalue weighted by molar-refractivity contribution is -0.142. The molecular formula is C21H22FN3O2S. The van der Waals surface area contributed by atoms with Crippen LogP contribution in [0.5, 0.6) is 0 Å². The molecule has 7 heteroatoms. The summed E-state index contributed by atoms with van der Waals surface area (Å²) in [6.07, 6.45) is 1.53. The van der Waals surface area contributed by atoms with Crippen molar-refractivity contribution < 1.29 is 13.9 Å². The molecule has 0 saturated carbocycles. The maximum Gasteiger partial charge on any atom is 0.319 e. The molecule has 0 N–H and O–H groups in total. The number of benzene rings is 2. The molecule has 0 amide bonds. The third-order valence-corrected chi connectivity index (χ3v) is 5.29. The molecule has 1 heterocycles. The Hall–Kier alpha value is -2.67. The largest absolute Gasteiger partial charge is 0.465 e. The average Bonchev–Trinajstić information content (AvgIpc) is 3.12. The van der Waals surface area contributed by atoms with Gasteiger partial charge in [-0.3, -0.25) is 9.36 Å². The van der Waals surface area contributed by atoms with Gasteiger partial charge in [0.2, 0.25) is 0 Å². The molecule has 5 nitrogen and oxygen atoms in total. The van der Waals surface area contributed by atoms with Gasteiger partial charge in [0.15, 0.2) is 11.0 Å². The third kappa shape index (κ3) is 4.59. The van der Waals surface area contributed by atoms with Crippen molar-refractivity contribution in [1.82, 2.24) is 14.8 Å². The molecule has 1 atom stereocenters. The lowest BCUT2D eigenvalue weighted by Crippen LogP contribution is -2.20. The Bertz CT molecular complexity index is 913. The molecule has 0 radical (unpaired) electrons. The highest BCUT2D eigenvalue weighted by Crippen LogP contribution is 2.32. The van der Waals surface area contributed by atoms with Crippen molar-refractivity contribution in [3.8, 4) is 17.1 Å². The van der Waals surface area contributed by atoms with Crippen molar-refractivity contribution >= 4 is 17.7 Å². The van der Waals surface area contributed by atoms with Crippen LogP contribution < -0.4 is 0 Å². The number of esters is 1. The number of hydrogen-bond acceptors (Lipinski definition) is 5. The average molecular weight is 399 g/mol. The predicted molar refractivity (Wildman–Crippen MR) is 108 cm³/mol. The van der Waals surface area contributed by atoms with Crippen LogP contribution in [0.3, 0.4) is 0 Å². The number of thioether (sulfide) groups is 1. The Morgan fingerprint density at radius 1 is 1.11 bits per heavy atom. The molecule has 0 bridgehead atoms. The summed E-state index contributed by atoms with van der Waals surface area (Å²) in [5.41, 5.74) is 1.61. The second kappa shape index (κ2) is 9.50. The molecular weight excluding hydrogens is 377 g/mol. The van der Waals surface area contributed by atoms with E-state index in [1.54, 1.807) is 19.1 Å². The number of carbonyl (C=O) groups is 1. The van der Waals surface area contributed by atoms with E-state index in [1.807, 2.05) is 41.8 Å². The van der Waals surface area contributed by atoms with E-state index in [0.717, 1.165) is 17.7 Å². The van der Waals surface area contributed by atoms with E-state index >= 15 is 0 Å². The summed E-state index contributed by atoms with van der Waals surface area (Å²) in [6, 6.07) is 15.8. The van der Waals surface area contributed by atoms with Crippen molar-refractivity contribution in [3.05, 3.63) is 60.4 Å². The lowest BCUT2D eigenvalue weighted by Gasteiger charge is -2.15. The fourth-order valence-electron chi connectivity index (χ4n) is 2.79. The first-order valence-corrected chi connectivity index (χ1v) is 10.1. The van der Waals surface area contributed by atoms with Gasteiger partial charge < -0.3 is 4.74 Å². The molecule has 0 aliphatic carbocycles. The highest BCUT2D eigenvalue weighted by atomic mass is 32.2. The Balaban J connectivity index is 2.03. The fraction of sp³-hybridized carbons (Fsp3) is 0.286. The van der Waals surface area contributed by atoms with Crippen LogP contribution in [0, 0.1) is 5.82 Å². The quantitative estimate of drug-likeness (QED) is 0.398. The number of rotatable bonds is 8. The van der Waals surface area contributed by atoms with Gasteiger partial charge in [-0.05, 0) is 49.7 Å². The molecule has 146 valence electrons. The van der Waals surface area contributed by atoms with Crippen molar-refractivity contribution in [2.24, 2.45) is 0 Å². The molecule has 0 fully saturated rings. The van der Waals surface area contributed by atoms with Gasteiger partial charge in [-0.2, -0.15) is 0 Å². The van der Waals surface area contributed by atoms with Gasteiger partial charge in [0.05, 0.1) is 6.61 Å². The third-order valence-electron chi connectivity index (χ3n) is 4.10. The second-order valence-corrected chi connectivity index (χ2v) is 7.30. The van der Waals surface area contributed by atoms with Crippen LogP contribution in [0.2, 0.25) is 0 Å². The van der Waals surface area contributed by atoms with E-state index in [9.17, 15) is 9.18 Å². The number of nitrogens with zero attached hydrogens (tertiary/aromatic N) is 3. The number of halogens is 1. The van der Waals surface area contributed by atoms with Gasteiger partial charge in [0.1, 0.15) is 11.1 Å². The number of para-hydroxylation sites is 1. The summed E-state index contributed by atoms with van der Waals surface area (Å²) >= 11 is 1.34. The number of aromatic nitrogens is 3. The van der Waals surface area contributed by atoms with Crippen molar-refractivity contribution in [1.29, 1.82) is 0 Å². The minimum atomic E-state index is -0.363. The second-order valence-electron chi connectivity index (χ2n) is 6.13. The van der Waals surface area contributed by atoms with Gasteiger partial charge in [0.25, 0.3) is 0 Å². The number of ether oxygens (including phenoxy) is 1. The van der Waals surface area contributed by atoms with E-state index in [1.165, 1.54) is 23.9 Å². The van der Waals surface area contributed by atoms with Crippen LogP contribution >= 0.6 is 11.8 Å². The fourth-order valence-corrected chi connectivity index (χ4v) is 3.95. The first-order chi connectivity index (χ1) is 13.6. The predicted octanol–water partition coefficient (Wildman–Crippen LogP) is 4.90. The monoisotopic (exact) mass is 399 g/mol. The van der Waals surface area contributed by atoms with Crippen molar-refractivity contribution in [2.45, 2.75) is 37.1 Å². The highest BCUT2D eigenvalue weighted by Gasteiger charge is 2.25. The summed E-state index contributed by atoms with van der Waals surface area (Å²) in [5, 5.41) is 8.89. The van der Waals surface area contributed by atoms with Gasteiger partial charge in [-0.25, -0.2) is 4.39 Å². The molecule has 28 heavy (non-hydrogen) atoms. The maximum atomic E-state index is 13.4. The Labute approximate surface area is 167 Å². The molecule has 1 unspecified atom stereocenters. The Morgan fingerprint density at radius 3 is 2.46 bits per heavy atom. The SMILES string of the molecule is CCCC(Sc1nnc(-c2ccc(F)cc2)n1-c1ccccc1)C(=O)OCC. The minimum Gasteiger partial charge on any atom is -0.465 e. The molecule has 0 aliphatic rings. The molecule has 3 aromatic rings. The van der Waals surface area contributed by atoms with E-state index in [0.29, 0.717) is 24.0 Å². The zero-order valence-corrected chi connectivity index (χ0v) is 16.7. The van der Waals surface area contributed by atoms with Gasteiger partial charge in [-0.15, -0.1) is 10.2 Å². The van der Waals surface area contributed by atoms with Crippen molar-refractivity contribution in [3.63, 3.8) is 0 Å². The van der Waals surface area contributed by atoms with E-state index in [2.05, 4.69) is 10.2 Å². The van der Waals surface area contributed by atoms with Gasteiger partial charge in [0, 0.05) is 11.3 Å². The molecule has 2 aromatic carbocycles. The summed E-state index contributed by atoms with van der Waals surface area (Å²) < 4.78 is 20.5. The zero-order chi connectivity index (χ0) is 19.9. The first-order valence-electron chi connectivity index (χ1n) is 9.24. The maximum absolute atomic E-state index is 13.4. The van der Waals surface area contributed by atoms with E-state index in [-0.39, 0.29) is 17.0 Å². The standard InChI is InChI=1S/C21H22FN3O2S/c1-3-8-18(20(26)27-4-2)28-21-24-23-19(15-11-13-16(22)14-12-15)25(21)17-9-6-5-7-10-17/h5-7,9-14,18H,3-4,8H2,1-2H3. The number of carbonyl (C=O) groups excluding carboxylic acids is 1. The molecule has 0 spiro atoms. The van der Waals surface area contributed by atoms with Gasteiger partial charge in [-0.1, -0.05) is 43.3 Å². The van der Waals surface area contributed by atoms with Crippen LogP contribution in [0.15, 0.2) is 59.8 Å². The van der Waals surface area contributed by atoms with E-state index in [4.69, 9.17) is 4.74 Å². The smallest absolute Gasteiger partial charge is 0.319 e. The highest BCUT2D eigenvalue weighted by molar-refractivity contribution is 8.00. The first kappa shape index (κ1) is 20.1. The van der Waals surface area contributed by atoms with Crippen LogP contribution in [-0.4, -0.2) is 32.6 Å². The zero-order valence-electron chi connectivity index (χ0n) is 15.8. The van der Waals surface area contributed by atoms with Crippen molar-refractivity contribution in [2.75, 3.05) is 6.61 Å². The normalized spacial score (nSPS) is 12.0. The van der Waals surface area contributed by atoms with Crippen LogP contribution in [0.4, 0.5) is 4.39 Å². The molecule has 1 aromatic heterocycles. The van der Waals surface area contributed by atoms with E-state index < -0.39 is 0 Å². The summed E-state index contributed by atoms with van der Waals surface area (Å²) in [6.45, 7) is 4.16. The molecule has 0 aliphatic heterocycles. The molecule has 0 saturated heterocycles. The summed E-state index contributed by atoms with van der Waals surface area (Å²) in [7, 11) is 0. The topological polar surface area (TPSA) is 57.0 Å². The lowest BCUT2D eigenvalue weighted by atomic mass is 10.2. The summed E-state index contributed by atoms with van der Waals surface area (Å²) in [5.74, 6) is 0.0301. The summed E-state index contributed by atoms with van der Waals surface area (Å²) in [4.78, 5) is 12.4. The van der Waals surface area contributed by atoms with Gasteiger partial charge >= 0.3 is 5.97 Å². The van der Waals surface area contributed by atoms with Crippen LogP contribution in [0.1, 0.15) is 26.7 Å². The Morgan fingerprint density at radius 2 is 1.82 bits per heavy atom. The number of hydrogen-bond donors (Lipinski definition) is 0. The Kier molecular flexibility index (Phi) is 6.81. The molecule has 3 rings (SSSR count). The van der Waals surface area contributed by atoms with Crippen LogP contribution in [-0.2, 0) is 9.53 Å². The van der Waals surface area contributed by atoms with Crippen LogP contribution in [0.25, 0.3) is 17.1 Å². The minimum absolute atomic E-state index is 0.250.